The van der Waals surface area contributed by atoms with Gasteiger partial charge in [-0.15, -0.1) is 11.8 Å². The summed E-state index contributed by atoms with van der Waals surface area (Å²) < 4.78 is 0. The summed E-state index contributed by atoms with van der Waals surface area (Å²) in [6.45, 7) is 4.11. The van der Waals surface area contributed by atoms with Gasteiger partial charge in [-0.3, -0.25) is 24.5 Å². The maximum Gasteiger partial charge on any atom is 0.311 e. The maximum absolute atomic E-state index is 12.5. The summed E-state index contributed by atoms with van der Waals surface area (Å²) in [5, 5.41) is 20.8. The fourth-order valence-corrected chi connectivity index (χ4v) is 4.01. The Morgan fingerprint density at radius 2 is 2.07 bits per heavy atom. The number of hydrogen-bond acceptors (Lipinski definition) is 6. The van der Waals surface area contributed by atoms with Crippen LogP contribution in [0.2, 0.25) is 0 Å². The Kier molecular flexibility index (Phi) is 6.09. The zero-order valence-electron chi connectivity index (χ0n) is 15.0. The number of rotatable bonds is 7. The summed E-state index contributed by atoms with van der Waals surface area (Å²) >= 11 is 0.975. The molecule has 27 heavy (non-hydrogen) atoms. The van der Waals surface area contributed by atoms with Gasteiger partial charge in [0, 0.05) is 24.7 Å². The van der Waals surface area contributed by atoms with Crippen LogP contribution in [-0.4, -0.2) is 51.6 Å². The first-order valence-corrected chi connectivity index (χ1v) is 9.29. The van der Waals surface area contributed by atoms with Crippen LogP contribution in [-0.2, 0) is 9.59 Å². The monoisotopic (exact) mass is 395 g/mol. The van der Waals surface area contributed by atoms with Crippen molar-refractivity contribution in [2.24, 2.45) is 17.1 Å². The topological polar surface area (TPSA) is 144 Å². The van der Waals surface area contributed by atoms with E-state index in [1.54, 1.807) is 0 Å². The van der Waals surface area contributed by atoms with Crippen molar-refractivity contribution in [1.82, 2.24) is 4.90 Å². The van der Waals surface area contributed by atoms with Gasteiger partial charge in [0.15, 0.2) is 0 Å². The molecule has 1 aliphatic heterocycles. The SMILES string of the molecule is CC(C)C1(C(=O)O)CCN(C(=O)CSc2ccc(C(N)=O)cc2[N+](=O)[O-])C1. The van der Waals surface area contributed by atoms with Gasteiger partial charge in [0.2, 0.25) is 11.8 Å². The van der Waals surface area contributed by atoms with Crippen molar-refractivity contribution in [2.75, 3.05) is 18.8 Å². The second kappa shape index (κ2) is 7.95. The Morgan fingerprint density at radius 3 is 2.56 bits per heavy atom. The van der Waals surface area contributed by atoms with Crippen LogP contribution in [0.1, 0.15) is 30.6 Å². The molecule has 0 radical (unpaired) electrons. The van der Waals surface area contributed by atoms with Crippen molar-refractivity contribution in [2.45, 2.75) is 25.2 Å². The van der Waals surface area contributed by atoms with E-state index in [1.807, 2.05) is 13.8 Å². The average Bonchev–Trinajstić information content (AvgIpc) is 3.06. The number of nitrogens with zero attached hydrogens (tertiary/aromatic N) is 2. The van der Waals surface area contributed by atoms with E-state index < -0.39 is 22.2 Å². The van der Waals surface area contributed by atoms with E-state index in [9.17, 15) is 29.6 Å². The van der Waals surface area contributed by atoms with Gasteiger partial charge in [-0.2, -0.15) is 0 Å². The molecule has 1 aromatic carbocycles. The summed E-state index contributed by atoms with van der Waals surface area (Å²) in [6, 6.07) is 3.83. The van der Waals surface area contributed by atoms with Crippen LogP contribution < -0.4 is 5.73 Å². The molecule has 1 aromatic rings. The van der Waals surface area contributed by atoms with Crippen molar-refractivity contribution in [3.8, 4) is 0 Å². The van der Waals surface area contributed by atoms with Gasteiger partial charge in [0.25, 0.3) is 5.69 Å². The highest BCUT2D eigenvalue weighted by Gasteiger charge is 2.48. The lowest BCUT2D eigenvalue weighted by atomic mass is 9.76. The number of carboxylic acid groups (broad SMARTS) is 1. The minimum Gasteiger partial charge on any atom is -0.481 e. The number of nitro groups is 1. The molecule has 0 aromatic heterocycles. The van der Waals surface area contributed by atoms with Gasteiger partial charge in [0.1, 0.15) is 0 Å². The van der Waals surface area contributed by atoms with Crippen molar-refractivity contribution < 1.29 is 24.4 Å². The zero-order valence-corrected chi connectivity index (χ0v) is 15.8. The second-order valence-corrected chi connectivity index (χ2v) is 7.79. The Hall–Kier alpha value is -2.62. The molecular formula is C17H21N3O6S. The van der Waals surface area contributed by atoms with Crippen LogP contribution >= 0.6 is 11.8 Å². The predicted molar refractivity (Wildman–Crippen MR) is 98.4 cm³/mol. The number of likely N-dealkylation sites (tertiary alicyclic amines) is 1. The largest absolute Gasteiger partial charge is 0.481 e. The molecule has 1 fully saturated rings. The van der Waals surface area contributed by atoms with Crippen LogP contribution in [0, 0.1) is 21.4 Å². The number of hydrogen-bond donors (Lipinski definition) is 2. The molecule has 146 valence electrons. The molecule has 0 aliphatic carbocycles. The highest BCUT2D eigenvalue weighted by molar-refractivity contribution is 8.00. The number of thioether (sulfide) groups is 1. The van der Waals surface area contributed by atoms with E-state index in [2.05, 4.69) is 0 Å². The third kappa shape index (κ3) is 4.21. The predicted octanol–water partition coefficient (Wildman–Crippen LogP) is 1.75. The fourth-order valence-electron chi connectivity index (χ4n) is 3.10. The first-order chi connectivity index (χ1) is 12.6. The number of aliphatic carboxylic acids is 1. The van der Waals surface area contributed by atoms with Crippen LogP contribution in [0.25, 0.3) is 0 Å². The van der Waals surface area contributed by atoms with Gasteiger partial charge < -0.3 is 15.7 Å². The number of carbonyl (C=O) groups is 3. The molecule has 1 aliphatic rings. The Balaban J connectivity index is 2.09. The normalized spacial score (nSPS) is 19.3. The highest BCUT2D eigenvalue weighted by atomic mass is 32.2. The number of nitro benzene ring substituents is 1. The standard InChI is InChI=1S/C17H21N3O6S/c1-10(2)17(16(23)24)5-6-19(9-17)14(21)8-27-13-4-3-11(15(18)22)7-12(13)20(25)26/h3-4,7,10H,5-6,8-9H2,1-2H3,(H2,18,22)(H,23,24). The lowest BCUT2D eigenvalue weighted by Gasteiger charge is -2.28. The van der Waals surface area contributed by atoms with Crippen LogP contribution in [0.3, 0.4) is 0 Å². The minimum atomic E-state index is -0.963. The third-order valence-corrected chi connectivity index (χ3v) is 6.02. The number of amides is 2. The molecule has 10 heteroatoms. The third-order valence-electron chi connectivity index (χ3n) is 4.98. The van der Waals surface area contributed by atoms with Crippen molar-refractivity contribution >= 4 is 35.2 Å². The number of carbonyl (C=O) groups excluding carboxylic acids is 2. The molecule has 2 amide bonds. The van der Waals surface area contributed by atoms with E-state index in [0.717, 1.165) is 17.8 Å². The summed E-state index contributed by atoms with van der Waals surface area (Å²) in [7, 11) is 0. The summed E-state index contributed by atoms with van der Waals surface area (Å²) in [6.07, 6.45) is 0.379. The summed E-state index contributed by atoms with van der Waals surface area (Å²) in [5.41, 5.74) is 3.89. The molecule has 1 saturated heterocycles. The molecule has 0 bridgehead atoms. The second-order valence-electron chi connectivity index (χ2n) is 6.77. The number of carboxylic acids is 1. The number of primary amides is 1. The fraction of sp³-hybridized carbons (Fsp3) is 0.471. The van der Waals surface area contributed by atoms with Crippen LogP contribution in [0.5, 0.6) is 0 Å². The molecule has 1 atom stereocenters. The van der Waals surface area contributed by atoms with Crippen molar-refractivity contribution in [1.29, 1.82) is 0 Å². The summed E-state index contributed by atoms with van der Waals surface area (Å²) in [4.78, 5) is 47.6. The Morgan fingerprint density at radius 1 is 1.41 bits per heavy atom. The lowest BCUT2D eigenvalue weighted by molar-refractivity contribution is -0.387. The molecule has 3 N–H and O–H groups in total. The smallest absolute Gasteiger partial charge is 0.311 e. The van der Waals surface area contributed by atoms with E-state index in [1.165, 1.54) is 17.0 Å². The van der Waals surface area contributed by atoms with Gasteiger partial charge in [0.05, 0.1) is 21.0 Å². The first kappa shape index (κ1) is 20.7. The molecular weight excluding hydrogens is 374 g/mol. The summed E-state index contributed by atoms with van der Waals surface area (Å²) in [5.74, 6) is -2.16. The van der Waals surface area contributed by atoms with Gasteiger partial charge in [-0.1, -0.05) is 13.8 Å². The molecule has 9 nitrogen and oxygen atoms in total. The Labute approximate surface area is 160 Å². The quantitative estimate of drug-likeness (QED) is 0.406. The van der Waals surface area contributed by atoms with Crippen molar-refractivity contribution in [3.63, 3.8) is 0 Å². The molecule has 1 heterocycles. The molecule has 1 unspecified atom stereocenters. The van der Waals surface area contributed by atoms with E-state index in [0.29, 0.717) is 13.0 Å². The van der Waals surface area contributed by atoms with Gasteiger partial charge in [-0.25, -0.2) is 0 Å². The van der Waals surface area contributed by atoms with E-state index in [-0.39, 0.29) is 40.3 Å². The minimum absolute atomic E-state index is 0.0140. The Bertz CT molecular complexity index is 797. The van der Waals surface area contributed by atoms with E-state index >= 15 is 0 Å². The molecule has 2 rings (SSSR count). The molecule has 0 saturated carbocycles. The maximum atomic E-state index is 12.5. The average molecular weight is 395 g/mol. The zero-order chi connectivity index (χ0) is 20.4. The number of benzene rings is 1. The van der Waals surface area contributed by atoms with Gasteiger partial charge in [-0.05, 0) is 24.5 Å². The van der Waals surface area contributed by atoms with Crippen molar-refractivity contribution in [3.05, 3.63) is 33.9 Å². The van der Waals surface area contributed by atoms with Crippen LogP contribution in [0.4, 0.5) is 5.69 Å². The lowest BCUT2D eigenvalue weighted by Crippen LogP contribution is -2.41. The number of nitrogens with two attached hydrogens (primary N) is 1. The van der Waals surface area contributed by atoms with Crippen LogP contribution in [0.15, 0.2) is 23.1 Å². The molecule has 0 spiro atoms. The highest BCUT2D eigenvalue weighted by Crippen LogP contribution is 2.39. The van der Waals surface area contributed by atoms with E-state index in [4.69, 9.17) is 5.73 Å². The first-order valence-electron chi connectivity index (χ1n) is 8.30. The van der Waals surface area contributed by atoms with Gasteiger partial charge >= 0.3 is 5.97 Å².